The Bertz CT molecular complexity index is 411. The van der Waals surface area contributed by atoms with Crippen LogP contribution >= 0.6 is 0 Å². The van der Waals surface area contributed by atoms with Crippen LogP contribution < -0.4 is 16.0 Å². The van der Waals surface area contributed by atoms with Crippen LogP contribution in [0.25, 0.3) is 0 Å². The fourth-order valence-corrected chi connectivity index (χ4v) is 3.50. The third-order valence-corrected chi connectivity index (χ3v) is 4.74. The second kappa shape index (κ2) is 6.44. The summed E-state index contributed by atoms with van der Waals surface area (Å²) in [4.78, 5) is 7.02. The minimum Gasteiger partial charge on any atom is -0.381 e. The van der Waals surface area contributed by atoms with E-state index < -0.39 is 0 Å². The quantitative estimate of drug-likeness (QED) is 0.886. The normalized spacial score (nSPS) is 26.8. The Morgan fingerprint density at radius 2 is 2.00 bits per heavy atom. The fourth-order valence-electron chi connectivity index (χ4n) is 3.50. The van der Waals surface area contributed by atoms with Crippen molar-refractivity contribution in [3.63, 3.8) is 0 Å². The number of hydrogen-bond acceptors (Lipinski definition) is 4. The minimum atomic E-state index is 0.530. The summed E-state index contributed by atoms with van der Waals surface area (Å²) in [7, 11) is 0. The third kappa shape index (κ3) is 3.06. The van der Waals surface area contributed by atoms with Gasteiger partial charge in [0.15, 0.2) is 0 Å². The topological polar surface area (TPSA) is 54.2 Å². The minimum absolute atomic E-state index is 0.530. The van der Waals surface area contributed by atoms with Crippen molar-refractivity contribution in [1.29, 1.82) is 0 Å². The molecule has 2 aliphatic rings. The predicted molar refractivity (Wildman–Crippen MR) is 84.1 cm³/mol. The zero-order valence-corrected chi connectivity index (χ0v) is 12.2. The lowest BCUT2D eigenvalue weighted by molar-refractivity contribution is 0.516. The lowest BCUT2D eigenvalue weighted by atomic mass is 10.0. The smallest absolute Gasteiger partial charge is 0.128 e. The zero-order valence-electron chi connectivity index (χ0n) is 12.2. The van der Waals surface area contributed by atoms with Gasteiger partial charge in [0.05, 0.1) is 11.9 Å². The van der Waals surface area contributed by atoms with E-state index in [-0.39, 0.29) is 0 Å². The SMILES string of the molecule is NCC1CCCC1Nc1ccc(N2CCCCC2)nc1. The van der Waals surface area contributed by atoms with Crippen LogP contribution in [0.5, 0.6) is 0 Å². The van der Waals surface area contributed by atoms with Gasteiger partial charge in [-0.15, -0.1) is 0 Å². The van der Waals surface area contributed by atoms with Gasteiger partial charge in [0.1, 0.15) is 5.82 Å². The van der Waals surface area contributed by atoms with Gasteiger partial charge in [0.25, 0.3) is 0 Å². The maximum Gasteiger partial charge on any atom is 0.128 e. The predicted octanol–water partition coefficient (Wildman–Crippen LogP) is 2.61. The molecule has 2 heterocycles. The molecule has 0 spiro atoms. The molecule has 0 amide bonds. The summed E-state index contributed by atoms with van der Waals surface area (Å²) in [5.41, 5.74) is 6.97. The van der Waals surface area contributed by atoms with Crippen molar-refractivity contribution in [2.45, 2.75) is 44.6 Å². The van der Waals surface area contributed by atoms with E-state index in [9.17, 15) is 0 Å². The molecule has 0 radical (unpaired) electrons. The Labute approximate surface area is 121 Å². The largest absolute Gasteiger partial charge is 0.381 e. The number of nitrogens with two attached hydrogens (primary N) is 1. The molecule has 4 nitrogen and oxygen atoms in total. The number of nitrogens with zero attached hydrogens (tertiary/aromatic N) is 2. The molecule has 1 aromatic rings. The molecule has 0 aromatic carbocycles. The average Bonchev–Trinajstić information content (AvgIpc) is 2.96. The highest BCUT2D eigenvalue weighted by molar-refractivity contribution is 5.49. The summed E-state index contributed by atoms with van der Waals surface area (Å²) in [5, 5.41) is 3.61. The number of piperidine rings is 1. The molecule has 2 unspecified atom stereocenters. The molecule has 20 heavy (non-hydrogen) atoms. The van der Waals surface area contributed by atoms with Crippen molar-refractivity contribution in [3.05, 3.63) is 18.3 Å². The van der Waals surface area contributed by atoms with E-state index in [0.717, 1.165) is 31.1 Å². The van der Waals surface area contributed by atoms with E-state index in [1.165, 1.54) is 38.5 Å². The van der Waals surface area contributed by atoms with Gasteiger partial charge in [-0.1, -0.05) is 6.42 Å². The molecule has 2 fully saturated rings. The van der Waals surface area contributed by atoms with Crippen LogP contribution in [0.2, 0.25) is 0 Å². The Morgan fingerprint density at radius 1 is 1.15 bits per heavy atom. The molecular weight excluding hydrogens is 248 g/mol. The van der Waals surface area contributed by atoms with E-state index in [2.05, 4.69) is 27.3 Å². The van der Waals surface area contributed by atoms with Gasteiger partial charge >= 0.3 is 0 Å². The summed E-state index contributed by atoms with van der Waals surface area (Å²) in [5.74, 6) is 1.74. The number of rotatable bonds is 4. The van der Waals surface area contributed by atoms with Crippen molar-refractivity contribution in [2.24, 2.45) is 11.7 Å². The summed E-state index contributed by atoms with van der Waals surface area (Å²) in [6.07, 6.45) is 9.71. The van der Waals surface area contributed by atoms with Crippen molar-refractivity contribution >= 4 is 11.5 Å². The van der Waals surface area contributed by atoms with Gasteiger partial charge in [-0.2, -0.15) is 0 Å². The Hall–Kier alpha value is -1.29. The maximum atomic E-state index is 5.84. The molecule has 3 rings (SSSR count). The zero-order chi connectivity index (χ0) is 13.8. The molecule has 1 aliphatic carbocycles. The first kappa shape index (κ1) is 13.7. The lowest BCUT2D eigenvalue weighted by Crippen LogP contribution is -2.30. The molecule has 4 heteroatoms. The summed E-state index contributed by atoms with van der Waals surface area (Å²) in [6.45, 7) is 3.09. The highest BCUT2D eigenvalue weighted by Gasteiger charge is 2.25. The van der Waals surface area contributed by atoms with E-state index >= 15 is 0 Å². The molecular formula is C16H26N4. The van der Waals surface area contributed by atoms with Gasteiger partial charge in [-0.3, -0.25) is 0 Å². The van der Waals surface area contributed by atoms with E-state index in [0.29, 0.717) is 12.0 Å². The van der Waals surface area contributed by atoms with Crippen LogP contribution in [0, 0.1) is 5.92 Å². The van der Waals surface area contributed by atoms with Crippen LogP contribution in [0.15, 0.2) is 18.3 Å². The van der Waals surface area contributed by atoms with Gasteiger partial charge in [-0.25, -0.2) is 4.98 Å². The second-order valence-corrected chi connectivity index (χ2v) is 6.13. The van der Waals surface area contributed by atoms with Crippen LogP contribution in [0.3, 0.4) is 0 Å². The van der Waals surface area contributed by atoms with Crippen molar-refractivity contribution in [2.75, 3.05) is 29.9 Å². The molecule has 1 saturated carbocycles. The number of anilines is 2. The van der Waals surface area contributed by atoms with Crippen LogP contribution in [0.4, 0.5) is 11.5 Å². The van der Waals surface area contributed by atoms with Crippen LogP contribution in [0.1, 0.15) is 38.5 Å². The van der Waals surface area contributed by atoms with Crippen molar-refractivity contribution in [3.8, 4) is 0 Å². The molecule has 1 aromatic heterocycles. The lowest BCUT2D eigenvalue weighted by Gasteiger charge is -2.28. The van der Waals surface area contributed by atoms with Crippen molar-refractivity contribution in [1.82, 2.24) is 4.98 Å². The van der Waals surface area contributed by atoms with E-state index in [1.54, 1.807) is 0 Å². The fraction of sp³-hybridized carbons (Fsp3) is 0.688. The molecule has 110 valence electrons. The first-order chi connectivity index (χ1) is 9.86. The summed E-state index contributed by atoms with van der Waals surface area (Å²) >= 11 is 0. The van der Waals surface area contributed by atoms with Crippen LogP contribution in [-0.2, 0) is 0 Å². The maximum absolute atomic E-state index is 5.84. The molecule has 1 aliphatic heterocycles. The molecule has 3 N–H and O–H groups in total. The van der Waals surface area contributed by atoms with E-state index in [1.807, 2.05) is 6.20 Å². The summed E-state index contributed by atoms with van der Waals surface area (Å²) in [6, 6.07) is 4.85. The van der Waals surface area contributed by atoms with Crippen molar-refractivity contribution < 1.29 is 0 Å². The molecule has 1 saturated heterocycles. The van der Waals surface area contributed by atoms with Crippen LogP contribution in [-0.4, -0.2) is 30.7 Å². The van der Waals surface area contributed by atoms with Gasteiger partial charge in [-0.05, 0) is 56.7 Å². The molecule has 2 atom stereocenters. The Balaban J connectivity index is 1.61. The van der Waals surface area contributed by atoms with Gasteiger partial charge < -0.3 is 16.0 Å². The first-order valence-electron chi connectivity index (χ1n) is 8.04. The summed E-state index contributed by atoms with van der Waals surface area (Å²) < 4.78 is 0. The van der Waals surface area contributed by atoms with Gasteiger partial charge in [0, 0.05) is 19.1 Å². The highest BCUT2D eigenvalue weighted by atomic mass is 15.2. The average molecular weight is 274 g/mol. The van der Waals surface area contributed by atoms with E-state index in [4.69, 9.17) is 5.73 Å². The second-order valence-electron chi connectivity index (χ2n) is 6.13. The highest BCUT2D eigenvalue weighted by Crippen LogP contribution is 2.28. The number of pyridine rings is 1. The Kier molecular flexibility index (Phi) is 4.41. The number of nitrogens with one attached hydrogen (secondary N) is 1. The third-order valence-electron chi connectivity index (χ3n) is 4.74. The molecule has 0 bridgehead atoms. The number of aromatic nitrogens is 1. The standard InChI is InChI=1S/C16H26N4/c17-11-13-5-4-6-15(13)19-14-7-8-16(18-12-14)20-9-2-1-3-10-20/h7-8,12-13,15,19H,1-6,9-11,17H2. The van der Waals surface area contributed by atoms with Gasteiger partial charge in [0.2, 0.25) is 0 Å². The first-order valence-corrected chi connectivity index (χ1v) is 8.04. The number of hydrogen-bond donors (Lipinski definition) is 2. The Morgan fingerprint density at radius 3 is 2.70 bits per heavy atom. The monoisotopic (exact) mass is 274 g/mol.